The topological polar surface area (TPSA) is 61.2 Å². The largest absolute Gasteiger partial charge is 0.573 e. The Morgan fingerprint density at radius 3 is 2.27 bits per heavy atom. The number of halogens is 6. The van der Waals surface area contributed by atoms with Crippen LogP contribution in [0, 0.1) is 0 Å². The standard InChI is InChI=1S/C22H16F6N2O3/c1-30-12-14(6-9-19(30)32)18(31)11-16(20-17(21(23,24)25)3-2-10-29-20)13-4-7-15(8-5-13)33-22(26,27)28/h2-10,12,16H,11H2,1H3/t16-/m0/s1. The fourth-order valence-corrected chi connectivity index (χ4v) is 3.27. The summed E-state index contributed by atoms with van der Waals surface area (Å²) in [5, 5.41) is 0. The van der Waals surface area contributed by atoms with E-state index < -0.39 is 47.7 Å². The Bertz CT molecular complexity index is 1200. The maximum Gasteiger partial charge on any atom is 0.573 e. The maximum absolute atomic E-state index is 13.6. The monoisotopic (exact) mass is 470 g/mol. The molecule has 0 aliphatic heterocycles. The van der Waals surface area contributed by atoms with Crippen molar-refractivity contribution in [3.8, 4) is 5.75 Å². The summed E-state index contributed by atoms with van der Waals surface area (Å²) in [6.07, 6.45) is -7.80. The zero-order valence-electron chi connectivity index (χ0n) is 16.9. The molecule has 2 aromatic heterocycles. The quantitative estimate of drug-likeness (QED) is 0.372. The number of ether oxygens (including phenoxy) is 1. The van der Waals surface area contributed by atoms with E-state index in [4.69, 9.17) is 0 Å². The molecular weight excluding hydrogens is 454 g/mol. The number of alkyl halides is 6. The van der Waals surface area contributed by atoms with E-state index in [9.17, 15) is 35.9 Å². The third-order valence-electron chi connectivity index (χ3n) is 4.79. The zero-order valence-corrected chi connectivity index (χ0v) is 16.9. The summed E-state index contributed by atoms with van der Waals surface area (Å²) in [5.74, 6) is -2.37. The number of aromatic nitrogens is 2. The van der Waals surface area contributed by atoms with Gasteiger partial charge < -0.3 is 9.30 Å². The molecule has 0 saturated heterocycles. The van der Waals surface area contributed by atoms with Crippen LogP contribution in [-0.2, 0) is 13.2 Å². The van der Waals surface area contributed by atoms with Gasteiger partial charge >= 0.3 is 12.5 Å². The number of Topliss-reactive ketones (excluding diaryl/α,β-unsaturated/α-hetero) is 1. The van der Waals surface area contributed by atoms with E-state index in [-0.39, 0.29) is 16.7 Å². The number of hydrogen-bond acceptors (Lipinski definition) is 4. The molecule has 2 heterocycles. The molecule has 1 aromatic carbocycles. The lowest BCUT2D eigenvalue weighted by Crippen LogP contribution is -2.20. The summed E-state index contributed by atoms with van der Waals surface area (Å²) in [4.78, 5) is 28.3. The average molecular weight is 470 g/mol. The van der Waals surface area contributed by atoms with Crippen LogP contribution in [0.5, 0.6) is 5.75 Å². The molecule has 3 rings (SSSR count). The van der Waals surface area contributed by atoms with E-state index in [1.165, 1.54) is 19.3 Å². The Labute approximate surface area is 183 Å². The van der Waals surface area contributed by atoms with Gasteiger partial charge in [0.15, 0.2) is 5.78 Å². The first-order chi connectivity index (χ1) is 15.3. The van der Waals surface area contributed by atoms with Gasteiger partial charge in [-0.15, -0.1) is 13.2 Å². The highest BCUT2D eigenvalue weighted by molar-refractivity contribution is 5.96. The van der Waals surface area contributed by atoms with Crippen molar-refractivity contribution in [1.29, 1.82) is 0 Å². The van der Waals surface area contributed by atoms with Gasteiger partial charge in [-0.05, 0) is 35.9 Å². The van der Waals surface area contributed by atoms with E-state index in [0.29, 0.717) is 0 Å². The molecule has 0 amide bonds. The van der Waals surface area contributed by atoms with Crippen molar-refractivity contribution >= 4 is 5.78 Å². The lowest BCUT2D eigenvalue weighted by molar-refractivity contribution is -0.274. The Kier molecular flexibility index (Phi) is 6.61. The second-order valence-corrected chi connectivity index (χ2v) is 7.10. The Balaban J connectivity index is 2.05. The molecule has 0 bridgehead atoms. The first-order valence-corrected chi connectivity index (χ1v) is 9.43. The Morgan fingerprint density at radius 1 is 1.03 bits per heavy atom. The van der Waals surface area contributed by atoms with Gasteiger partial charge in [-0.3, -0.25) is 14.6 Å². The second-order valence-electron chi connectivity index (χ2n) is 7.10. The van der Waals surface area contributed by atoms with Gasteiger partial charge in [-0.1, -0.05) is 12.1 Å². The van der Waals surface area contributed by atoms with E-state index in [1.807, 2.05) is 0 Å². The minimum absolute atomic E-state index is 0.0867. The molecule has 174 valence electrons. The molecule has 33 heavy (non-hydrogen) atoms. The number of aryl methyl sites for hydroxylation is 1. The smallest absolute Gasteiger partial charge is 0.406 e. The maximum atomic E-state index is 13.6. The number of hydrogen-bond donors (Lipinski definition) is 0. The number of carbonyl (C=O) groups excluding carboxylic acids is 1. The van der Waals surface area contributed by atoms with Crippen molar-refractivity contribution in [3.63, 3.8) is 0 Å². The second kappa shape index (κ2) is 9.08. The van der Waals surface area contributed by atoms with Crippen molar-refractivity contribution < 1.29 is 35.9 Å². The summed E-state index contributed by atoms with van der Waals surface area (Å²) < 4.78 is 83.2. The average Bonchev–Trinajstić information content (AvgIpc) is 2.73. The molecular formula is C22H16F6N2O3. The fourth-order valence-electron chi connectivity index (χ4n) is 3.27. The summed E-state index contributed by atoms with van der Waals surface area (Å²) in [6, 6.07) is 8.50. The van der Waals surface area contributed by atoms with Crippen LogP contribution in [-0.4, -0.2) is 21.7 Å². The molecule has 0 unspecified atom stereocenters. The number of pyridine rings is 2. The van der Waals surface area contributed by atoms with E-state index in [1.54, 1.807) is 0 Å². The van der Waals surface area contributed by atoms with Gasteiger partial charge in [-0.25, -0.2) is 0 Å². The van der Waals surface area contributed by atoms with E-state index >= 15 is 0 Å². The fraction of sp³-hybridized carbons (Fsp3) is 0.227. The molecule has 0 saturated carbocycles. The van der Waals surface area contributed by atoms with Crippen LogP contribution in [0.1, 0.15) is 39.5 Å². The molecule has 0 aliphatic rings. The van der Waals surface area contributed by atoms with Crippen LogP contribution in [0.25, 0.3) is 0 Å². The Hall–Kier alpha value is -3.63. The minimum Gasteiger partial charge on any atom is -0.406 e. The molecule has 0 radical (unpaired) electrons. The minimum atomic E-state index is -4.94. The highest BCUT2D eigenvalue weighted by Gasteiger charge is 2.37. The molecule has 0 spiro atoms. The summed E-state index contributed by atoms with van der Waals surface area (Å²) in [7, 11) is 1.41. The molecule has 1 atom stereocenters. The molecule has 0 aliphatic carbocycles. The summed E-state index contributed by atoms with van der Waals surface area (Å²) >= 11 is 0. The lowest BCUT2D eigenvalue weighted by Gasteiger charge is -2.21. The van der Waals surface area contributed by atoms with Gasteiger partial charge in [0, 0.05) is 43.4 Å². The number of carbonyl (C=O) groups is 1. The molecule has 5 nitrogen and oxygen atoms in total. The van der Waals surface area contributed by atoms with Crippen LogP contribution in [0.4, 0.5) is 26.3 Å². The van der Waals surface area contributed by atoms with Crippen molar-refractivity contribution in [2.45, 2.75) is 24.9 Å². The zero-order chi connectivity index (χ0) is 24.4. The third-order valence-corrected chi connectivity index (χ3v) is 4.79. The van der Waals surface area contributed by atoms with Gasteiger partial charge in [0.05, 0.1) is 11.3 Å². The van der Waals surface area contributed by atoms with Crippen molar-refractivity contribution in [1.82, 2.24) is 9.55 Å². The van der Waals surface area contributed by atoms with Crippen molar-refractivity contribution in [3.05, 3.63) is 93.7 Å². The number of rotatable bonds is 6. The van der Waals surface area contributed by atoms with E-state index in [0.717, 1.165) is 53.2 Å². The third kappa shape index (κ3) is 5.99. The Morgan fingerprint density at radius 2 is 1.70 bits per heavy atom. The highest BCUT2D eigenvalue weighted by atomic mass is 19.4. The van der Waals surface area contributed by atoms with Gasteiger partial charge in [-0.2, -0.15) is 13.2 Å². The number of ketones is 1. The molecule has 0 fully saturated rings. The number of nitrogens with zero attached hydrogens (tertiary/aromatic N) is 2. The summed E-state index contributed by atoms with van der Waals surface area (Å²) in [5.41, 5.74) is -1.69. The normalized spacial score (nSPS) is 12.9. The molecule has 3 aromatic rings. The predicted molar refractivity (Wildman–Crippen MR) is 105 cm³/mol. The van der Waals surface area contributed by atoms with Crippen LogP contribution in [0.15, 0.2) is 65.7 Å². The van der Waals surface area contributed by atoms with Crippen LogP contribution in [0.3, 0.4) is 0 Å². The van der Waals surface area contributed by atoms with Crippen LogP contribution < -0.4 is 10.3 Å². The van der Waals surface area contributed by atoms with Crippen LogP contribution >= 0.6 is 0 Å². The lowest BCUT2D eigenvalue weighted by atomic mass is 9.86. The van der Waals surface area contributed by atoms with Gasteiger partial charge in [0.1, 0.15) is 5.75 Å². The van der Waals surface area contributed by atoms with Gasteiger partial charge in [0.2, 0.25) is 5.56 Å². The first kappa shape index (κ1) is 24.0. The summed E-state index contributed by atoms with van der Waals surface area (Å²) in [6.45, 7) is 0. The van der Waals surface area contributed by atoms with Crippen LogP contribution in [0.2, 0.25) is 0 Å². The number of benzene rings is 1. The molecule has 0 N–H and O–H groups in total. The van der Waals surface area contributed by atoms with Gasteiger partial charge in [0.25, 0.3) is 0 Å². The van der Waals surface area contributed by atoms with Crippen molar-refractivity contribution in [2.24, 2.45) is 7.05 Å². The molecule has 11 heteroatoms. The highest BCUT2D eigenvalue weighted by Crippen LogP contribution is 2.38. The first-order valence-electron chi connectivity index (χ1n) is 9.43. The SMILES string of the molecule is Cn1cc(C(=O)C[C@@H](c2ccc(OC(F)(F)F)cc2)c2ncccc2C(F)(F)F)ccc1=O. The van der Waals surface area contributed by atoms with Crippen molar-refractivity contribution in [2.75, 3.05) is 0 Å². The predicted octanol–water partition coefficient (Wildman–Crippen LogP) is 5.10. The van der Waals surface area contributed by atoms with E-state index in [2.05, 4.69) is 9.72 Å².